The van der Waals surface area contributed by atoms with Crippen molar-refractivity contribution in [3.8, 4) is 5.75 Å². The molecular formula is C20H17Cl2NO6. The number of aliphatic carboxylic acids is 1. The molecule has 3 N–H and O–H groups in total. The van der Waals surface area contributed by atoms with Crippen LogP contribution in [-0.2, 0) is 22.6 Å². The molecule has 7 nitrogen and oxygen atoms in total. The number of nitrogens with one attached hydrogen (secondary N) is 1. The van der Waals surface area contributed by atoms with Crippen LogP contribution in [0.5, 0.6) is 5.75 Å². The summed E-state index contributed by atoms with van der Waals surface area (Å²) < 4.78 is 11.2. The highest BCUT2D eigenvalue weighted by Crippen LogP contribution is 2.28. The zero-order valence-electron chi connectivity index (χ0n) is 15.0. The first-order chi connectivity index (χ1) is 13.9. The molecule has 0 fully saturated rings. The molecule has 0 bridgehead atoms. The van der Waals surface area contributed by atoms with E-state index in [1.807, 2.05) is 0 Å². The topological polar surface area (TPSA) is 109 Å². The van der Waals surface area contributed by atoms with Crippen molar-refractivity contribution in [3.05, 3.63) is 63.8 Å². The summed E-state index contributed by atoms with van der Waals surface area (Å²) in [6, 6.07) is 8.97. The molecule has 9 heteroatoms. The van der Waals surface area contributed by atoms with Gasteiger partial charge in [-0.25, -0.2) is 4.79 Å². The Kier molecular flexibility index (Phi) is 6.64. The van der Waals surface area contributed by atoms with Gasteiger partial charge >= 0.3 is 5.97 Å². The standard InChI is InChI=1S/C20H17Cl2NO6/c21-13-2-1-11(16(22)6-13)9-28-14-3-4-15-12(10-29-18(15)7-14)5-19(25)23-17(8-24)20(26)27/h1-4,6-7,10,17,24H,5,8-9H2,(H,23,25)(H,26,27)/t17-/m0/s1. The summed E-state index contributed by atoms with van der Waals surface area (Å²) >= 11 is 12.0. The lowest BCUT2D eigenvalue weighted by molar-refractivity contribution is -0.142. The third-order valence-corrected chi connectivity index (χ3v) is 4.79. The Hall–Kier alpha value is -2.74. The average molecular weight is 438 g/mol. The van der Waals surface area contributed by atoms with E-state index in [1.165, 1.54) is 6.26 Å². The Morgan fingerprint density at radius 3 is 2.62 bits per heavy atom. The maximum atomic E-state index is 12.0. The predicted octanol–water partition coefficient (Wildman–Crippen LogP) is 3.42. The monoisotopic (exact) mass is 437 g/mol. The van der Waals surface area contributed by atoms with E-state index in [1.54, 1.807) is 36.4 Å². The summed E-state index contributed by atoms with van der Waals surface area (Å²) in [5.41, 5.74) is 1.89. The molecule has 1 amide bonds. The second kappa shape index (κ2) is 9.17. The number of fused-ring (bicyclic) bond motifs is 1. The zero-order valence-corrected chi connectivity index (χ0v) is 16.5. The van der Waals surface area contributed by atoms with E-state index in [4.69, 9.17) is 42.6 Å². The molecule has 152 valence electrons. The molecule has 29 heavy (non-hydrogen) atoms. The van der Waals surface area contributed by atoms with Crippen LogP contribution in [0.3, 0.4) is 0 Å². The van der Waals surface area contributed by atoms with Crippen molar-refractivity contribution in [2.24, 2.45) is 0 Å². The minimum Gasteiger partial charge on any atom is -0.489 e. The van der Waals surface area contributed by atoms with Gasteiger partial charge in [0.05, 0.1) is 19.3 Å². The number of carbonyl (C=O) groups excluding carboxylic acids is 1. The van der Waals surface area contributed by atoms with Gasteiger partial charge in [-0.15, -0.1) is 0 Å². The highest BCUT2D eigenvalue weighted by atomic mass is 35.5. The molecule has 1 heterocycles. The fourth-order valence-electron chi connectivity index (χ4n) is 2.69. The molecule has 3 aromatic rings. The Bertz CT molecular complexity index is 1050. The number of carboxylic acid groups (broad SMARTS) is 1. The van der Waals surface area contributed by atoms with Crippen LogP contribution in [0.2, 0.25) is 10.0 Å². The summed E-state index contributed by atoms with van der Waals surface area (Å²) in [6.07, 6.45) is 1.34. The number of amides is 1. The van der Waals surface area contributed by atoms with E-state index >= 15 is 0 Å². The molecule has 0 aliphatic rings. The number of benzene rings is 2. The number of aliphatic hydroxyl groups excluding tert-OH is 1. The van der Waals surface area contributed by atoms with Crippen LogP contribution >= 0.6 is 23.2 Å². The zero-order chi connectivity index (χ0) is 21.0. The number of carboxylic acids is 1. The van der Waals surface area contributed by atoms with E-state index < -0.39 is 24.5 Å². The summed E-state index contributed by atoms with van der Waals surface area (Å²) in [6.45, 7) is -0.444. The van der Waals surface area contributed by atoms with Crippen LogP contribution in [0.25, 0.3) is 11.0 Å². The second-order valence-electron chi connectivity index (χ2n) is 6.26. The van der Waals surface area contributed by atoms with Crippen molar-refractivity contribution in [1.29, 1.82) is 0 Å². The molecule has 0 spiro atoms. The smallest absolute Gasteiger partial charge is 0.328 e. The molecule has 0 unspecified atom stereocenters. The molecule has 3 rings (SSSR count). The van der Waals surface area contributed by atoms with Crippen molar-refractivity contribution in [1.82, 2.24) is 5.32 Å². The van der Waals surface area contributed by atoms with Gasteiger partial charge in [-0.05, 0) is 24.3 Å². The summed E-state index contributed by atoms with van der Waals surface area (Å²) in [5.74, 6) is -1.28. The van der Waals surface area contributed by atoms with Gasteiger partial charge in [-0.3, -0.25) is 4.79 Å². The highest BCUT2D eigenvalue weighted by Gasteiger charge is 2.20. The molecule has 0 saturated carbocycles. The normalized spacial score (nSPS) is 12.0. The first-order valence-electron chi connectivity index (χ1n) is 8.57. The van der Waals surface area contributed by atoms with E-state index in [-0.39, 0.29) is 13.0 Å². The number of carbonyl (C=O) groups is 2. The SMILES string of the molecule is O=C(Cc1coc2cc(OCc3ccc(Cl)cc3Cl)ccc12)N[C@@H](CO)C(=O)O. The fourth-order valence-corrected chi connectivity index (χ4v) is 3.16. The van der Waals surface area contributed by atoms with Gasteiger partial charge in [0.1, 0.15) is 24.0 Å². The summed E-state index contributed by atoms with van der Waals surface area (Å²) in [5, 5.41) is 21.9. The maximum absolute atomic E-state index is 12.0. The lowest BCUT2D eigenvalue weighted by Crippen LogP contribution is -2.43. The molecule has 0 saturated heterocycles. The van der Waals surface area contributed by atoms with Gasteiger partial charge in [-0.1, -0.05) is 29.3 Å². The third-order valence-electron chi connectivity index (χ3n) is 4.20. The molecule has 0 aliphatic carbocycles. The van der Waals surface area contributed by atoms with Crippen molar-refractivity contribution < 1.29 is 29.0 Å². The van der Waals surface area contributed by atoms with Gasteiger partial charge in [0.15, 0.2) is 0 Å². The van der Waals surface area contributed by atoms with Crippen molar-refractivity contribution in [2.75, 3.05) is 6.61 Å². The van der Waals surface area contributed by atoms with Gasteiger partial charge in [0.25, 0.3) is 0 Å². The van der Waals surface area contributed by atoms with Crippen LogP contribution in [0.1, 0.15) is 11.1 Å². The Morgan fingerprint density at radius 2 is 1.93 bits per heavy atom. The van der Waals surface area contributed by atoms with E-state index in [9.17, 15) is 9.59 Å². The van der Waals surface area contributed by atoms with Gasteiger partial charge in [0.2, 0.25) is 5.91 Å². The molecule has 0 aliphatic heterocycles. The van der Waals surface area contributed by atoms with Crippen molar-refractivity contribution >= 4 is 46.0 Å². The van der Waals surface area contributed by atoms with Crippen LogP contribution < -0.4 is 10.1 Å². The Labute approximate surface area is 175 Å². The van der Waals surface area contributed by atoms with Crippen molar-refractivity contribution in [3.63, 3.8) is 0 Å². The average Bonchev–Trinajstić information content (AvgIpc) is 3.07. The quantitative estimate of drug-likeness (QED) is 0.497. The molecule has 1 atom stereocenters. The first-order valence-corrected chi connectivity index (χ1v) is 9.33. The first kappa shape index (κ1) is 21.0. The Morgan fingerprint density at radius 1 is 1.14 bits per heavy atom. The molecular weight excluding hydrogens is 421 g/mol. The maximum Gasteiger partial charge on any atom is 0.328 e. The van der Waals surface area contributed by atoms with E-state index in [2.05, 4.69) is 5.32 Å². The summed E-state index contributed by atoms with van der Waals surface area (Å²) in [7, 11) is 0. The van der Waals surface area contributed by atoms with E-state index in [0.717, 1.165) is 5.56 Å². The number of halogens is 2. The molecule has 0 radical (unpaired) electrons. The lowest BCUT2D eigenvalue weighted by Gasteiger charge is -2.11. The minimum absolute atomic E-state index is 0.0859. The van der Waals surface area contributed by atoms with E-state index in [0.29, 0.717) is 32.3 Å². The lowest BCUT2D eigenvalue weighted by atomic mass is 10.1. The van der Waals surface area contributed by atoms with Crippen LogP contribution in [0.4, 0.5) is 0 Å². The number of furan rings is 1. The third kappa shape index (κ3) is 5.20. The number of hydrogen-bond acceptors (Lipinski definition) is 5. The van der Waals surface area contributed by atoms with Gasteiger partial charge in [-0.2, -0.15) is 0 Å². The number of rotatable bonds is 8. The largest absolute Gasteiger partial charge is 0.489 e. The number of aliphatic hydroxyl groups is 1. The number of ether oxygens (including phenoxy) is 1. The van der Waals surface area contributed by atoms with Crippen molar-refractivity contribution in [2.45, 2.75) is 19.1 Å². The fraction of sp³-hybridized carbons (Fsp3) is 0.200. The van der Waals surface area contributed by atoms with Gasteiger partial charge < -0.3 is 24.7 Å². The number of hydrogen-bond donors (Lipinski definition) is 3. The highest BCUT2D eigenvalue weighted by molar-refractivity contribution is 6.35. The molecule has 2 aromatic carbocycles. The minimum atomic E-state index is -1.35. The predicted molar refractivity (Wildman–Crippen MR) is 107 cm³/mol. The van der Waals surface area contributed by atoms with Crippen LogP contribution in [0.15, 0.2) is 47.1 Å². The summed E-state index contributed by atoms with van der Waals surface area (Å²) in [4.78, 5) is 22.9. The molecule has 1 aromatic heterocycles. The van der Waals surface area contributed by atoms with Gasteiger partial charge in [0, 0.05) is 32.6 Å². The Balaban J connectivity index is 1.67. The van der Waals surface area contributed by atoms with Crippen LogP contribution in [0, 0.1) is 0 Å². The van der Waals surface area contributed by atoms with Crippen LogP contribution in [-0.4, -0.2) is 34.7 Å². The second-order valence-corrected chi connectivity index (χ2v) is 7.10.